The number of hydrogen-bond acceptors (Lipinski definition) is 7. The Kier molecular flexibility index (Phi) is 14.6. The van der Waals surface area contributed by atoms with Crippen molar-refractivity contribution in [2.75, 3.05) is 13.1 Å². The van der Waals surface area contributed by atoms with E-state index in [1.807, 2.05) is 0 Å². The molecule has 0 fully saturated rings. The molecule has 0 heterocycles. The van der Waals surface area contributed by atoms with Crippen molar-refractivity contribution in [2.24, 2.45) is 0 Å². The second-order valence-corrected chi connectivity index (χ2v) is 6.93. The van der Waals surface area contributed by atoms with Gasteiger partial charge in [-0.2, -0.15) is 0 Å². The van der Waals surface area contributed by atoms with Crippen molar-refractivity contribution in [1.82, 2.24) is 20.9 Å². The summed E-state index contributed by atoms with van der Waals surface area (Å²) in [6.07, 6.45) is 4.13. The molecule has 11 nitrogen and oxygen atoms in total. The first-order valence-corrected chi connectivity index (χ1v) is 10.4. The number of carbonyl (C=O) groups is 7. The summed E-state index contributed by atoms with van der Waals surface area (Å²) in [7, 11) is 0. The molecule has 0 saturated carbocycles. The lowest BCUT2D eigenvalue weighted by Gasteiger charge is -2.21. The maximum Gasteiger partial charge on any atom is 0.252 e. The standard InChI is InChI=1S/C21H32N4O7/c1-4-7-19(30)25(14-27)12-6-8-18(29)24-17(10-9-16(28)5-2)21(32)23-15(3)20(31)22-11-13-26/h4,7,13-15,17H,5-6,8-12H2,1-3H3,(H,22,31)(H,23,32)(H,24,29)/b7-4-/t15?,17-/m0/s1. The smallest absolute Gasteiger partial charge is 0.252 e. The lowest BCUT2D eigenvalue weighted by molar-refractivity contribution is -0.135. The van der Waals surface area contributed by atoms with Gasteiger partial charge < -0.3 is 20.7 Å². The van der Waals surface area contributed by atoms with E-state index in [0.29, 0.717) is 12.7 Å². The number of nitrogens with zero attached hydrogens (tertiary/aromatic N) is 1. The van der Waals surface area contributed by atoms with E-state index in [4.69, 9.17) is 0 Å². The Morgan fingerprint density at radius 1 is 1.00 bits per heavy atom. The first-order chi connectivity index (χ1) is 15.2. The molecule has 0 aromatic heterocycles. The largest absolute Gasteiger partial charge is 0.348 e. The van der Waals surface area contributed by atoms with Crippen molar-refractivity contribution in [3.05, 3.63) is 12.2 Å². The van der Waals surface area contributed by atoms with E-state index in [9.17, 15) is 33.6 Å². The van der Waals surface area contributed by atoms with Gasteiger partial charge in [-0.3, -0.25) is 33.7 Å². The Morgan fingerprint density at radius 2 is 1.69 bits per heavy atom. The second kappa shape index (κ2) is 16.3. The second-order valence-electron chi connectivity index (χ2n) is 6.93. The molecule has 3 N–H and O–H groups in total. The lowest BCUT2D eigenvalue weighted by Crippen LogP contribution is -2.53. The number of allylic oxidation sites excluding steroid dienone is 1. The van der Waals surface area contributed by atoms with E-state index in [1.165, 1.54) is 19.1 Å². The van der Waals surface area contributed by atoms with Gasteiger partial charge in [0.15, 0.2) is 0 Å². The lowest BCUT2D eigenvalue weighted by atomic mass is 10.1. The van der Waals surface area contributed by atoms with Crippen LogP contribution in [0.5, 0.6) is 0 Å². The van der Waals surface area contributed by atoms with Gasteiger partial charge in [0.25, 0.3) is 5.91 Å². The van der Waals surface area contributed by atoms with Crippen LogP contribution in [0.2, 0.25) is 0 Å². The number of Topliss-reactive ketones (excluding diaryl/α,β-unsaturated/α-hetero) is 1. The van der Waals surface area contributed by atoms with E-state index in [2.05, 4.69) is 16.0 Å². The van der Waals surface area contributed by atoms with E-state index in [0.717, 1.165) is 4.90 Å². The maximum absolute atomic E-state index is 12.6. The van der Waals surface area contributed by atoms with Crippen molar-refractivity contribution in [3.63, 3.8) is 0 Å². The van der Waals surface area contributed by atoms with Gasteiger partial charge in [0.2, 0.25) is 24.1 Å². The molecule has 0 spiro atoms. The highest BCUT2D eigenvalue weighted by Gasteiger charge is 2.25. The van der Waals surface area contributed by atoms with Crippen LogP contribution in [0.15, 0.2) is 12.2 Å². The van der Waals surface area contributed by atoms with Gasteiger partial charge in [-0.05, 0) is 32.8 Å². The van der Waals surface area contributed by atoms with Crippen LogP contribution in [0.25, 0.3) is 0 Å². The predicted octanol–water partition coefficient (Wildman–Crippen LogP) is -0.608. The molecule has 32 heavy (non-hydrogen) atoms. The number of nitrogens with one attached hydrogen (secondary N) is 3. The Balaban J connectivity index is 4.92. The molecule has 11 heteroatoms. The summed E-state index contributed by atoms with van der Waals surface area (Å²) < 4.78 is 0. The average molecular weight is 453 g/mol. The van der Waals surface area contributed by atoms with Gasteiger partial charge in [0.1, 0.15) is 24.2 Å². The molecule has 0 aromatic carbocycles. The third-order valence-electron chi connectivity index (χ3n) is 4.39. The Hall–Kier alpha value is -3.37. The summed E-state index contributed by atoms with van der Waals surface area (Å²) >= 11 is 0. The summed E-state index contributed by atoms with van der Waals surface area (Å²) in [6.45, 7) is 4.57. The fraction of sp³-hybridized carbons (Fsp3) is 0.571. The minimum Gasteiger partial charge on any atom is -0.348 e. The van der Waals surface area contributed by atoms with Crippen molar-refractivity contribution in [3.8, 4) is 0 Å². The average Bonchev–Trinajstić information content (AvgIpc) is 2.77. The molecule has 0 aromatic rings. The highest BCUT2D eigenvalue weighted by Crippen LogP contribution is 2.04. The molecule has 0 radical (unpaired) electrons. The third-order valence-corrected chi connectivity index (χ3v) is 4.39. The molecule has 0 bridgehead atoms. The van der Waals surface area contributed by atoms with E-state index >= 15 is 0 Å². The van der Waals surface area contributed by atoms with E-state index in [1.54, 1.807) is 13.8 Å². The van der Waals surface area contributed by atoms with Gasteiger partial charge in [-0.1, -0.05) is 13.0 Å². The number of rotatable bonds is 16. The summed E-state index contributed by atoms with van der Waals surface area (Å²) in [6, 6.07) is -2.01. The first-order valence-electron chi connectivity index (χ1n) is 10.4. The summed E-state index contributed by atoms with van der Waals surface area (Å²) in [4.78, 5) is 82.3. The van der Waals surface area contributed by atoms with Gasteiger partial charge in [-0.25, -0.2) is 0 Å². The van der Waals surface area contributed by atoms with Gasteiger partial charge in [0, 0.05) is 25.8 Å². The summed E-state index contributed by atoms with van der Waals surface area (Å²) in [5.74, 6) is -2.30. The molecule has 0 rings (SSSR count). The Labute approximate surface area is 187 Å². The highest BCUT2D eigenvalue weighted by atomic mass is 16.2. The van der Waals surface area contributed by atoms with Crippen LogP contribution in [-0.4, -0.2) is 72.2 Å². The first kappa shape index (κ1) is 28.6. The number of imide groups is 1. The maximum atomic E-state index is 12.6. The van der Waals surface area contributed by atoms with Crippen LogP contribution in [0.4, 0.5) is 0 Å². The van der Waals surface area contributed by atoms with Gasteiger partial charge >= 0.3 is 0 Å². The summed E-state index contributed by atoms with van der Waals surface area (Å²) in [5, 5.41) is 7.29. The van der Waals surface area contributed by atoms with E-state index in [-0.39, 0.29) is 51.0 Å². The molecule has 0 aliphatic heterocycles. The molecule has 0 aliphatic carbocycles. The molecular weight excluding hydrogens is 420 g/mol. The molecule has 178 valence electrons. The van der Waals surface area contributed by atoms with Crippen LogP contribution in [0, 0.1) is 0 Å². The van der Waals surface area contributed by atoms with Crippen LogP contribution < -0.4 is 16.0 Å². The third kappa shape index (κ3) is 11.7. The van der Waals surface area contributed by atoms with Crippen LogP contribution in [-0.2, 0) is 33.6 Å². The molecule has 0 aliphatic rings. The topological polar surface area (TPSA) is 159 Å². The highest BCUT2D eigenvalue weighted by molar-refractivity contribution is 5.95. The number of carbonyl (C=O) groups excluding carboxylic acids is 7. The van der Waals surface area contributed by atoms with Gasteiger partial charge in [-0.15, -0.1) is 0 Å². The quantitative estimate of drug-likeness (QED) is 0.208. The van der Waals surface area contributed by atoms with Crippen molar-refractivity contribution in [1.29, 1.82) is 0 Å². The monoisotopic (exact) mass is 452 g/mol. The SMILES string of the molecule is C/C=C\C(=O)N(C=O)CCCC(=O)N[C@@H](CCC(=O)CC)C(=O)NC(C)C(=O)NCC=O. The molecule has 2 atom stereocenters. The Bertz CT molecular complexity index is 721. The molecular formula is C21H32N4O7. The summed E-state index contributed by atoms with van der Waals surface area (Å²) in [5.41, 5.74) is 0. The minimum absolute atomic E-state index is 0.0270. The zero-order valence-corrected chi connectivity index (χ0v) is 18.7. The number of ketones is 1. The number of hydrogen-bond donors (Lipinski definition) is 3. The fourth-order valence-electron chi connectivity index (χ4n) is 2.56. The van der Waals surface area contributed by atoms with Crippen LogP contribution in [0.1, 0.15) is 52.9 Å². The minimum atomic E-state index is -1.05. The number of amides is 5. The van der Waals surface area contributed by atoms with Crippen molar-refractivity contribution < 1.29 is 33.6 Å². The predicted molar refractivity (Wildman–Crippen MR) is 115 cm³/mol. The fourth-order valence-corrected chi connectivity index (χ4v) is 2.56. The van der Waals surface area contributed by atoms with Crippen molar-refractivity contribution >= 4 is 42.1 Å². The van der Waals surface area contributed by atoms with Crippen LogP contribution >= 0.6 is 0 Å². The van der Waals surface area contributed by atoms with Crippen molar-refractivity contribution in [2.45, 2.75) is 65.0 Å². The molecule has 1 unspecified atom stereocenters. The van der Waals surface area contributed by atoms with E-state index < -0.39 is 35.7 Å². The van der Waals surface area contributed by atoms with Gasteiger partial charge in [0.05, 0.1) is 6.54 Å². The van der Waals surface area contributed by atoms with Crippen LogP contribution in [0.3, 0.4) is 0 Å². The number of aldehydes is 1. The normalized spacial score (nSPS) is 12.3. The zero-order valence-electron chi connectivity index (χ0n) is 18.7. The molecule has 0 saturated heterocycles. The Morgan fingerprint density at radius 3 is 2.25 bits per heavy atom. The molecule has 5 amide bonds. The zero-order chi connectivity index (χ0) is 24.5.